The Morgan fingerprint density at radius 2 is 1.77 bits per heavy atom. The molecule has 0 radical (unpaired) electrons. The molecule has 1 amide bonds. The van der Waals surface area contributed by atoms with E-state index in [1.54, 1.807) is 10.9 Å². The van der Waals surface area contributed by atoms with Gasteiger partial charge in [0.1, 0.15) is 11.8 Å². The SMILES string of the molecule is Cc1cnn(-c2ccccc2)c1C(=O)N1CCO[C@@H](c2ccccc2)C1. The average molecular weight is 347 g/mol. The van der Waals surface area contributed by atoms with Crippen LogP contribution in [0.3, 0.4) is 0 Å². The molecular formula is C21H21N3O2. The second kappa shape index (κ2) is 7.14. The Bertz CT molecular complexity index is 890. The van der Waals surface area contributed by atoms with Crippen LogP contribution in [-0.2, 0) is 4.74 Å². The van der Waals surface area contributed by atoms with Gasteiger partial charge in [-0.05, 0) is 24.6 Å². The Hall–Kier alpha value is -2.92. The summed E-state index contributed by atoms with van der Waals surface area (Å²) < 4.78 is 7.62. The summed E-state index contributed by atoms with van der Waals surface area (Å²) in [6.07, 6.45) is 1.65. The number of hydrogen-bond acceptors (Lipinski definition) is 3. The molecular weight excluding hydrogens is 326 g/mol. The normalized spacial score (nSPS) is 17.3. The second-order valence-corrected chi connectivity index (χ2v) is 6.44. The summed E-state index contributed by atoms with van der Waals surface area (Å²) in [6.45, 7) is 3.59. The van der Waals surface area contributed by atoms with E-state index in [0.29, 0.717) is 25.4 Å². The van der Waals surface area contributed by atoms with Crippen molar-refractivity contribution in [2.24, 2.45) is 0 Å². The fraction of sp³-hybridized carbons (Fsp3) is 0.238. The van der Waals surface area contributed by atoms with Crippen LogP contribution in [0, 0.1) is 6.92 Å². The molecule has 26 heavy (non-hydrogen) atoms. The Morgan fingerprint density at radius 1 is 1.08 bits per heavy atom. The van der Waals surface area contributed by atoms with Gasteiger partial charge in [-0.3, -0.25) is 4.79 Å². The molecule has 1 fully saturated rings. The summed E-state index contributed by atoms with van der Waals surface area (Å²) in [5.41, 5.74) is 3.47. The lowest BCUT2D eigenvalue weighted by Crippen LogP contribution is -2.43. The van der Waals surface area contributed by atoms with Crippen LogP contribution in [0.1, 0.15) is 27.7 Å². The van der Waals surface area contributed by atoms with Crippen LogP contribution >= 0.6 is 0 Å². The zero-order chi connectivity index (χ0) is 17.9. The predicted octanol–water partition coefficient (Wildman–Crippen LogP) is 3.39. The van der Waals surface area contributed by atoms with Gasteiger partial charge in [-0.1, -0.05) is 48.5 Å². The van der Waals surface area contributed by atoms with Crippen LogP contribution in [0.5, 0.6) is 0 Å². The molecule has 0 saturated carbocycles. The average Bonchev–Trinajstić information content (AvgIpc) is 3.10. The number of aryl methyl sites for hydroxylation is 1. The first-order valence-corrected chi connectivity index (χ1v) is 8.80. The number of rotatable bonds is 3. The second-order valence-electron chi connectivity index (χ2n) is 6.44. The molecule has 1 atom stereocenters. The molecule has 4 rings (SSSR count). The standard InChI is InChI=1S/C21H21N3O2/c1-16-14-22-24(18-10-6-3-7-11-18)20(16)21(25)23-12-13-26-19(15-23)17-8-4-2-5-9-17/h2-11,14,19H,12-13,15H2,1H3/t19-/m1/s1. The molecule has 2 aromatic carbocycles. The van der Waals surface area contributed by atoms with Gasteiger partial charge in [-0.2, -0.15) is 5.10 Å². The number of morpholine rings is 1. The lowest BCUT2D eigenvalue weighted by Gasteiger charge is -2.33. The molecule has 0 unspecified atom stereocenters. The maximum Gasteiger partial charge on any atom is 0.273 e. The molecule has 1 aliphatic heterocycles. The number of ether oxygens (including phenoxy) is 1. The molecule has 5 nitrogen and oxygen atoms in total. The molecule has 3 aromatic rings. The quantitative estimate of drug-likeness (QED) is 0.730. The summed E-state index contributed by atoms with van der Waals surface area (Å²) in [5, 5.41) is 4.42. The van der Waals surface area contributed by atoms with Crippen molar-refractivity contribution >= 4 is 5.91 Å². The first-order valence-electron chi connectivity index (χ1n) is 8.80. The van der Waals surface area contributed by atoms with Crippen LogP contribution in [0.25, 0.3) is 5.69 Å². The summed E-state index contributed by atoms with van der Waals surface area (Å²) in [4.78, 5) is 15.1. The van der Waals surface area contributed by atoms with Gasteiger partial charge in [0.2, 0.25) is 0 Å². The van der Waals surface area contributed by atoms with Crippen molar-refractivity contribution in [2.75, 3.05) is 19.7 Å². The van der Waals surface area contributed by atoms with Crippen molar-refractivity contribution in [1.82, 2.24) is 14.7 Å². The van der Waals surface area contributed by atoms with Crippen molar-refractivity contribution in [3.05, 3.63) is 83.7 Å². The van der Waals surface area contributed by atoms with Gasteiger partial charge in [0.15, 0.2) is 0 Å². The molecule has 5 heteroatoms. The van der Waals surface area contributed by atoms with Gasteiger partial charge < -0.3 is 9.64 Å². The number of aromatic nitrogens is 2. The highest BCUT2D eigenvalue weighted by atomic mass is 16.5. The highest BCUT2D eigenvalue weighted by Crippen LogP contribution is 2.24. The minimum atomic E-state index is -0.0951. The number of carbonyl (C=O) groups excluding carboxylic acids is 1. The van der Waals surface area contributed by atoms with E-state index >= 15 is 0 Å². The van der Waals surface area contributed by atoms with Gasteiger partial charge in [-0.15, -0.1) is 0 Å². The van der Waals surface area contributed by atoms with Crippen molar-refractivity contribution in [3.8, 4) is 5.69 Å². The van der Waals surface area contributed by atoms with E-state index in [1.165, 1.54) is 0 Å². The lowest BCUT2D eigenvalue weighted by molar-refractivity contribution is -0.0231. The van der Waals surface area contributed by atoms with Gasteiger partial charge in [0.25, 0.3) is 5.91 Å². The highest BCUT2D eigenvalue weighted by molar-refractivity contribution is 5.94. The molecule has 132 valence electrons. The van der Waals surface area contributed by atoms with E-state index in [1.807, 2.05) is 72.5 Å². The first-order chi connectivity index (χ1) is 12.7. The van der Waals surface area contributed by atoms with Crippen molar-refractivity contribution in [3.63, 3.8) is 0 Å². The molecule has 1 aliphatic rings. The van der Waals surface area contributed by atoms with Crippen LogP contribution < -0.4 is 0 Å². The number of nitrogens with zero attached hydrogens (tertiary/aromatic N) is 3. The minimum Gasteiger partial charge on any atom is -0.370 e. The van der Waals surface area contributed by atoms with Gasteiger partial charge in [0.05, 0.1) is 25.0 Å². The van der Waals surface area contributed by atoms with E-state index in [-0.39, 0.29) is 12.0 Å². The Morgan fingerprint density at radius 3 is 2.50 bits per heavy atom. The van der Waals surface area contributed by atoms with Crippen molar-refractivity contribution < 1.29 is 9.53 Å². The zero-order valence-electron chi connectivity index (χ0n) is 14.7. The van der Waals surface area contributed by atoms with Gasteiger partial charge >= 0.3 is 0 Å². The lowest BCUT2D eigenvalue weighted by atomic mass is 10.1. The first kappa shape index (κ1) is 16.5. The topological polar surface area (TPSA) is 47.4 Å². The maximum absolute atomic E-state index is 13.3. The smallest absolute Gasteiger partial charge is 0.273 e. The highest BCUT2D eigenvalue weighted by Gasteiger charge is 2.29. The number of amides is 1. The number of para-hydroxylation sites is 1. The largest absolute Gasteiger partial charge is 0.370 e. The van der Waals surface area contributed by atoms with E-state index in [2.05, 4.69) is 5.10 Å². The molecule has 0 N–H and O–H groups in total. The molecule has 0 spiro atoms. The third-order valence-corrected chi connectivity index (χ3v) is 4.68. The van der Waals surface area contributed by atoms with Gasteiger partial charge in [-0.25, -0.2) is 4.68 Å². The van der Waals surface area contributed by atoms with E-state index in [9.17, 15) is 4.79 Å². The third-order valence-electron chi connectivity index (χ3n) is 4.68. The maximum atomic E-state index is 13.3. The summed E-state index contributed by atoms with van der Waals surface area (Å²) in [7, 11) is 0. The van der Waals surface area contributed by atoms with Crippen LogP contribution in [0.4, 0.5) is 0 Å². The van der Waals surface area contributed by atoms with Crippen molar-refractivity contribution in [1.29, 1.82) is 0 Å². The number of hydrogen-bond donors (Lipinski definition) is 0. The summed E-state index contributed by atoms with van der Waals surface area (Å²) in [6, 6.07) is 19.8. The molecule has 0 aliphatic carbocycles. The molecule has 1 aromatic heterocycles. The fourth-order valence-electron chi connectivity index (χ4n) is 3.31. The molecule has 2 heterocycles. The Kier molecular flexibility index (Phi) is 4.54. The molecule has 1 saturated heterocycles. The summed E-state index contributed by atoms with van der Waals surface area (Å²) in [5.74, 6) is -0.00640. The Labute approximate surface area is 152 Å². The van der Waals surface area contributed by atoms with E-state index in [4.69, 9.17) is 4.74 Å². The number of carbonyl (C=O) groups is 1. The number of benzene rings is 2. The van der Waals surface area contributed by atoms with Crippen LogP contribution in [0.2, 0.25) is 0 Å². The predicted molar refractivity (Wildman–Crippen MR) is 99.3 cm³/mol. The van der Waals surface area contributed by atoms with E-state index < -0.39 is 0 Å². The fourth-order valence-corrected chi connectivity index (χ4v) is 3.31. The van der Waals surface area contributed by atoms with Crippen LogP contribution in [-0.4, -0.2) is 40.3 Å². The zero-order valence-corrected chi connectivity index (χ0v) is 14.7. The van der Waals surface area contributed by atoms with Crippen LogP contribution in [0.15, 0.2) is 66.9 Å². The van der Waals surface area contributed by atoms with Crippen molar-refractivity contribution in [2.45, 2.75) is 13.0 Å². The monoisotopic (exact) mass is 347 g/mol. The minimum absolute atomic E-state index is 0.00640. The molecule has 0 bridgehead atoms. The summed E-state index contributed by atoms with van der Waals surface area (Å²) >= 11 is 0. The Balaban J connectivity index is 1.61. The van der Waals surface area contributed by atoms with E-state index in [0.717, 1.165) is 16.8 Å². The van der Waals surface area contributed by atoms with Gasteiger partial charge in [0, 0.05) is 12.1 Å². The third kappa shape index (κ3) is 3.13.